The van der Waals surface area contributed by atoms with Crippen molar-refractivity contribution in [3.63, 3.8) is 0 Å². The van der Waals surface area contributed by atoms with Crippen molar-refractivity contribution in [3.05, 3.63) is 0 Å². The lowest BCUT2D eigenvalue weighted by Crippen LogP contribution is -2.50. The largest absolute Gasteiger partial charge is 0.368 e. The maximum Gasteiger partial charge on any atom is 0.0790 e. The monoisotopic (exact) mass is 299 g/mol. The van der Waals surface area contributed by atoms with E-state index in [0.29, 0.717) is 12.0 Å². The molecule has 126 valence electrons. The molecule has 1 N–H and O–H groups in total. The summed E-state index contributed by atoms with van der Waals surface area (Å²) in [6, 6.07) is 0.399. The first-order valence-electron chi connectivity index (χ1n) is 8.38. The maximum absolute atomic E-state index is 6.34. The van der Waals surface area contributed by atoms with Gasteiger partial charge in [-0.1, -0.05) is 6.92 Å². The highest BCUT2D eigenvalue weighted by atomic mass is 16.5. The number of rotatable bonds is 8. The third-order valence-electron chi connectivity index (χ3n) is 4.86. The molecule has 0 radical (unpaired) electrons. The molecule has 4 nitrogen and oxygen atoms in total. The smallest absolute Gasteiger partial charge is 0.0790 e. The van der Waals surface area contributed by atoms with Crippen molar-refractivity contribution in [2.75, 3.05) is 47.3 Å². The highest BCUT2D eigenvalue weighted by molar-refractivity contribution is 5.05. The Bertz CT molecular complexity index is 315. The standard InChI is InChI=1S/C17H37N3O/c1-9-20(12-10-11-19(7)8)13-14-15(18-6)17(4,5)21-16(14,2)3/h14-15,18H,9-13H2,1-8H3. The Balaban J connectivity index is 2.68. The fourth-order valence-corrected chi connectivity index (χ4v) is 3.84. The summed E-state index contributed by atoms with van der Waals surface area (Å²) in [7, 11) is 6.35. The van der Waals surface area contributed by atoms with Crippen LogP contribution >= 0.6 is 0 Å². The van der Waals surface area contributed by atoms with Crippen LogP contribution in [0.1, 0.15) is 41.0 Å². The molecule has 0 aliphatic carbocycles. The highest BCUT2D eigenvalue weighted by Gasteiger charge is 2.53. The predicted molar refractivity (Wildman–Crippen MR) is 90.9 cm³/mol. The molecule has 1 aliphatic rings. The average Bonchev–Trinajstić information content (AvgIpc) is 2.51. The zero-order chi connectivity index (χ0) is 16.3. The van der Waals surface area contributed by atoms with Gasteiger partial charge in [-0.3, -0.25) is 0 Å². The lowest BCUT2D eigenvalue weighted by Gasteiger charge is -2.34. The molecule has 0 aromatic carbocycles. The molecular weight excluding hydrogens is 262 g/mol. The molecule has 0 aromatic heterocycles. The third kappa shape index (κ3) is 4.92. The number of ether oxygens (including phenoxy) is 1. The molecule has 0 bridgehead atoms. The molecule has 21 heavy (non-hydrogen) atoms. The first-order valence-corrected chi connectivity index (χ1v) is 8.38. The Labute approximate surface area is 132 Å². The van der Waals surface area contributed by atoms with E-state index in [2.05, 4.69) is 70.9 Å². The van der Waals surface area contributed by atoms with Gasteiger partial charge in [-0.15, -0.1) is 0 Å². The van der Waals surface area contributed by atoms with E-state index < -0.39 is 0 Å². The van der Waals surface area contributed by atoms with Crippen LogP contribution in [0.2, 0.25) is 0 Å². The maximum atomic E-state index is 6.34. The molecule has 1 aliphatic heterocycles. The minimum atomic E-state index is -0.105. The zero-order valence-electron chi connectivity index (χ0n) is 15.5. The lowest BCUT2D eigenvalue weighted by molar-refractivity contribution is -0.0793. The minimum absolute atomic E-state index is 0.0772. The predicted octanol–water partition coefficient (Wildman–Crippen LogP) is 2.05. The molecule has 2 unspecified atom stereocenters. The van der Waals surface area contributed by atoms with Gasteiger partial charge in [0, 0.05) is 18.5 Å². The van der Waals surface area contributed by atoms with Crippen LogP contribution in [0.4, 0.5) is 0 Å². The fourth-order valence-electron chi connectivity index (χ4n) is 3.84. The van der Waals surface area contributed by atoms with Crippen LogP contribution in [0.5, 0.6) is 0 Å². The number of hydrogen-bond acceptors (Lipinski definition) is 4. The van der Waals surface area contributed by atoms with Crippen molar-refractivity contribution in [1.82, 2.24) is 15.1 Å². The summed E-state index contributed by atoms with van der Waals surface area (Å²) in [4.78, 5) is 4.83. The fraction of sp³-hybridized carbons (Fsp3) is 1.00. The first-order chi connectivity index (χ1) is 9.64. The molecule has 2 atom stereocenters. The summed E-state index contributed by atoms with van der Waals surface area (Å²) in [6.45, 7) is 15.7. The minimum Gasteiger partial charge on any atom is -0.368 e. The van der Waals surface area contributed by atoms with Gasteiger partial charge in [-0.25, -0.2) is 0 Å². The molecule has 1 saturated heterocycles. The van der Waals surface area contributed by atoms with Gasteiger partial charge in [0.25, 0.3) is 0 Å². The summed E-state index contributed by atoms with van der Waals surface area (Å²) >= 11 is 0. The highest BCUT2D eigenvalue weighted by Crippen LogP contribution is 2.42. The first kappa shape index (κ1) is 18.9. The van der Waals surface area contributed by atoms with Gasteiger partial charge < -0.3 is 19.9 Å². The van der Waals surface area contributed by atoms with Crippen LogP contribution in [-0.2, 0) is 4.74 Å². The third-order valence-corrected chi connectivity index (χ3v) is 4.86. The summed E-state index contributed by atoms with van der Waals surface area (Å²) in [5, 5.41) is 3.50. The normalized spacial score (nSPS) is 27.7. The number of hydrogen-bond donors (Lipinski definition) is 1. The average molecular weight is 300 g/mol. The Morgan fingerprint density at radius 2 is 1.67 bits per heavy atom. The quantitative estimate of drug-likeness (QED) is 0.742. The van der Waals surface area contributed by atoms with Crippen molar-refractivity contribution in [3.8, 4) is 0 Å². The second-order valence-electron chi connectivity index (χ2n) is 7.73. The lowest BCUT2D eigenvalue weighted by atomic mass is 9.82. The van der Waals surface area contributed by atoms with Crippen LogP contribution < -0.4 is 5.32 Å². The van der Waals surface area contributed by atoms with Crippen molar-refractivity contribution in [1.29, 1.82) is 0 Å². The zero-order valence-corrected chi connectivity index (χ0v) is 15.5. The van der Waals surface area contributed by atoms with Crippen molar-refractivity contribution >= 4 is 0 Å². The van der Waals surface area contributed by atoms with E-state index in [1.807, 2.05) is 0 Å². The van der Waals surface area contributed by atoms with Crippen LogP contribution in [0.25, 0.3) is 0 Å². The van der Waals surface area contributed by atoms with Crippen LogP contribution in [-0.4, -0.2) is 74.4 Å². The van der Waals surface area contributed by atoms with Gasteiger partial charge in [-0.05, 0) is 74.9 Å². The Morgan fingerprint density at radius 1 is 1.05 bits per heavy atom. The van der Waals surface area contributed by atoms with Gasteiger partial charge >= 0.3 is 0 Å². The molecule has 4 heteroatoms. The molecule has 0 saturated carbocycles. The summed E-state index contributed by atoms with van der Waals surface area (Å²) < 4.78 is 6.34. The Morgan fingerprint density at radius 3 is 2.14 bits per heavy atom. The van der Waals surface area contributed by atoms with Gasteiger partial charge in [-0.2, -0.15) is 0 Å². The van der Waals surface area contributed by atoms with E-state index in [9.17, 15) is 0 Å². The van der Waals surface area contributed by atoms with Crippen LogP contribution in [0, 0.1) is 5.92 Å². The second kappa shape index (κ2) is 7.40. The number of nitrogens with one attached hydrogen (secondary N) is 1. The molecule has 1 fully saturated rings. The number of likely N-dealkylation sites (N-methyl/N-ethyl adjacent to an activating group) is 1. The van der Waals surface area contributed by atoms with E-state index in [1.54, 1.807) is 0 Å². The van der Waals surface area contributed by atoms with Gasteiger partial charge in [0.15, 0.2) is 0 Å². The van der Waals surface area contributed by atoms with E-state index in [4.69, 9.17) is 4.74 Å². The molecular formula is C17H37N3O. The molecule has 1 heterocycles. The van der Waals surface area contributed by atoms with Crippen molar-refractivity contribution in [2.45, 2.75) is 58.3 Å². The van der Waals surface area contributed by atoms with E-state index in [-0.39, 0.29) is 11.2 Å². The SMILES string of the molecule is CCN(CCCN(C)C)CC1C(NC)C(C)(C)OC1(C)C. The van der Waals surface area contributed by atoms with Crippen LogP contribution in [0.15, 0.2) is 0 Å². The Hall–Kier alpha value is -0.160. The van der Waals surface area contributed by atoms with Gasteiger partial charge in [0.1, 0.15) is 0 Å². The van der Waals surface area contributed by atoms with Gasteiger partial charge in [0.05, 0.1) is 11.2 Å². The Kier molecular flexibility index (Phi) is 6.66. The molecule has 0 aromatic rings. The van der Waals surface area contributed by atoms with Gasteiger partial charge in [0.2, 0.25) is 0 Å². The second-order valence-corrected chi connectivity index (χ2v) is 7.73. The summed E-state index contributed by atoms with van der Waals surface area (Å²) in [5.41, 5.74) is -0.182. The van der Waals surface area contributed by atoms with E-state index >= 15 is 0 Å². The van der Waals surface area contributed by atoms with E-state index in [0.717, 1.165) is 26.2 Å². The summed E-state index contributed by atoms with van der Waals surface area (Å²) in [6.07, 6.45) is 1.22. The molecule has 0 amide bonds. The topological polar surface area (TPSA) is 27.7 Å². The molecule has 1 rings (SSSR count). The molecule has 0 spiro atoms. The van der Waals surface area contributed by atoms with Crippen molar-refractivity contribution in [2.24, 2.45) is 5.92 Å². The number of nitrogens with zero attached hydrogens (tertiary/aromatic N) is 2. The van der Waals surface area contributed by atoms with Crippen molar-refractivity contribution < 1.29 is 4.74 Å². The van der Waals surface area contributed by atoms with E-state index in [1.165, 1.54) is 6.42 Å². The summed E-state index contributed by atoms with van der Waals surface area (Å²) in [5.74, 6) is 0.511. The van der Waals surface area contributed by atoms with Crippen LogP contribution in [0.3, 0.4) is 0 Å².